The summed E-state index contributed by atoms with van der Waals surface area (Å²) in [7, 11) is 0. The van der Waals surface area contributed by atoms with Gasteiger partial charge in [0.1, 0.15) is 18.5 Å². The van der Waals surface area contributed by atoms with Crippen LogP contribution in [-0.4, -0.2) is 26.7 Å². The van der Waals surface area contributed by atoms with E-state index < -0.39 is 6.04 Å². The van der Waals surface area contributed by atoms with Crippen molar-refractivity contribution in [1.82, 2.24) is 9.55 Å². The van der Waals surface area contributed by atoms with E-state index in [0.717, 1.165) is 11.0 Å². The second-order valence-electron chi connectivity index (χ2n) is 4.95. The number of aromatic nitrogens is 2. The molecule has 0 saturated carbocycles. The van der Waals surface area contributed by atoms with E-state index in [1.807, 2.05) is 45.0 Å². The molecule has 1 aromatic heterocycles. The highest BCUT2D eigenvalue weighted by atomic mass is 16.5. The fourth-order valence-corrected chi connectivity index (χ4v) is 2.32. The maximum atomic E-state index is 12.2. The molecule has 0 aliphatic heterocycles. The lowest BCUT2D eigenvalue weighted by Crippen LogP contribution is -2.25. The van der Waals surface area contributed by atoms with Gasteiger partial charge in [-0.3, -0.25) is 0 Å². The van der Waals surface area contributed by atoms with E-state index in [4.69, 9.17) is 4.74 Å². The van der Waals surface area contributed by atoms with Gasteiger partial charge in [-0.25, -0.2) is 9.78 Å². The number of imidazole rings is 1. The van der Waals surface area contributed by atoms with Crippen LogP contribution in [-0.2, 0) is 16.1 Å². The average molecular weight is 276 g/mol. The third-order valence-corrected chi connectivity index (χ3v) is 3.13. The van der Waals surface area contributed by atoms with Crippen molar-refractivity contribution in [1.29, 1.82) is 0 Å². The summed E-state index contributed by atoms with van der Waals surface area (Å²) in [6.07, 6.45) is 0.419. The van der Waals surface area contributed by atoms with Crippen LogP contribution in [0, 0.1) is 0 Å². The van der Waals surface area contributed by atoms with Crippen molar-refractivity contribution in [2.24, 2.45) is 0 Å². The molecule has 0 aliphatic rings. The number of aliphatic hydroxyl groups excluding tert-OH is 1. The number of nitrogens with zero attached hydrogens (tertiary/aromatic N) is 2. The molecule has 0 aliphatic carbocycles. The molecule has 5 nitrogen and oxygen atoms in total. The topological polar surface area (TPSA) is 64.3 Å². The smallest absolute Gasteiger partial charge is 0.329 e. The minimum atomic E-state index is -0.466. The van der Waals surface area contributed by atoms with E-state index >= 15 is 0 Å². The molecule has 20 heavy (non-hydrogen) atoms. The first-order chi connectivity index (χ1) is 9.58. The first kappa shape index (κ1) is 14.5. The molecular weight excluding hydrogens is 256 g/mol. The summed E-state index contributed by atoms with van der Waals surface area (Å²) in [6.45, 7) is 5.36. The number of hydrogen-bond acceptors (Lipinski definition) is 4. The van der Waals surface area contributed by atoms with Gasteiger partial charge in [-0.15, -0.1) is 0 Å². The normalized spacial score (nSPS) is 12.8. The van der Waals surface area contributed by atoms with Gasteiger partial charge in [0.2, 0.25) is 0 Å². The highest BCUT2D eigenvalue weighted by Crippen LogP contribution is 2.24. The van der Waals surface area contributed by atoms with E-state index in [2.05, 4.69) is 4.98 Å². The summed E-state index contributed by atoms with van der Waals surface area (Å²) in [5.74, 6) is 0.194. The lowest BCUT2D eigenvalue weighted by Gasteiger charge is -2.20. The highest BCUT2D eigenvalue weighted by molar-refractivity contribution is 5.81. The summed E-state index contributed by atoms with van der Waals surface area (Å²) in [4.78, 5) is 16.6. The van der Waals surface area contributed by atoms with Crippen LogP contribution in [0.15, 0.2) is 24.3 Å². The van der Waals surface area contributed by atoms with Gasteiger partial charge in [0.05, 0.1) is 17.1 Å². The molecule has 2 rings (SSSR count). The number of fused-ring (bicyclic) bond motifs is 1. The average Bonchev–Trinajstić information content (AvgIpc) is 2.78. The van der Waals surface area contributed by atoms with Crippen molar-refractivity contribution < 1.29 is 14.6 Å². The Hall–Kier alpha value is -1.88. The van der Waals surface area contributed by atoms with E-state index in [0.29, 0.717) is 12.2 Å². The molecule has 0 amide bonds. The van der Waals surface area contributed by atoms with Crippen LogP contribution >= 0.6 is 0 Å². The van der Waals surface area contributed by atoms with Gasteiger partial charge in [-0.05, 0) is 32.4 Å². The molecule has 1 N–H and O–H groups in total. The standard InChI is InChI=1S/C15H20N2O3/c1-4-12(15(19)20-10(2)3)17-13-8-6-5-7-11(13)16-14(17)9-18/h5-8,10,12,18H,4,9H2,1-3H3. The predicted octanol–water partition coefficient (Wildman–Crippen LogP) is 2.43. The Balaban J connectivity index is 2.50. The van der Waals surface area contributed by atoms with E-state index in [1.165, 1.54) is 0 Å². The third kappa shape index (κ3) is 2.67. The highest BCUT2D eigenvalue weighted by Gasteiger charge is 2.25. The zero-order chi connectivity index (χ0) is 14.7. The van der Waals surface area contributed by atoms with Gasteiger partial charge >= 0.3 is 5.97 Å². The molecule has 1 heterocycles. The minimum absolute atomic E-state index is 0.163. The van der Waals surface area contributed by atoms with E-state index in [9.17, 15) is 9.90 Å². The van der Waals surface area contributed by atoms with Crippen LogP contribution in [0.4, 0.5) is 0 Å². The van der Waals surface area contributed by atoms with Gasteiger partial charge < -0.3 is 14.4 Å². The molecule has 0 bridgehead atoms. The van der Waals surface area contributed by atoms with Gasteiger partial charge in [-0.1, -0.05) is 19.1 Å². The first-order valence-electron chi connectivity index (χ1n) is 6.85. The Kier molecular flexibility index (Phi) is 4.39. The molecule has 0 spiro atoms. The predicted molar refractivity (Wildman–Crippen MR) is 76.2 cm³/mol. The lowest BCUT2D eigenvalue weighted by atomic mass is 10.2. The number of rotatable bonds is 5. The molecule has 2 aromatic rings. The Morgan fingerprint density at radius 1 is 1.40 bits per heavy atom. The fourth-order valence-electron chi connectivity index (χ4n) is 2.32. The van der Waals surface area contributed by atoms with Gasteiger partial charge in [0, 0.05) is 0 Å². The van der Waals surface area contributed by atoms with Crippen molar-refractivity contribution in [2.45, 2.75) is 45.9 Å². The zero-order valence-electron chi connectivity index (χ0n) is 12.0. The molecule has 1 aromatic carbocycles. The maximum Gasteiger partial charge on any atom is 0.329 e. The molecule has 0 radical (unpaired) electrons. The summed E-state index contributed by atoms with van der Waals surface area (Å²) in [5.41, 5.74) is 1.61. The largest absolute Gasteiger partial charge is 0.461 e. The molecule has 0 saturated heterocycles. The van der Waals surface area contributed by atoms with Crippen LogP contribution in [0.3, 0.4) is 0 Å². The maximum absolute atomic E-state index is 12.2. The number of aliphatic hydroxyl groups is 1. The van der Waals surface area contributed by atoms with E-state index in [-0.39, 0.29) is 18.7 Å². The van der Waals surface area contributed by atoms with Crippen molar-refractivity contribution >= 4 is 17.0 Å². The number of carbonyl (C=O) groups is 1. The molecule has 108 valence electrons. The van der Waals surface area contributed by atoms with Crippen LogP contribution in [0.5, 0.6) is 0 Å². The second kappa shape index (κ2) is 6.05. The summed E-state index contributed by atoms with van der Waals surface area (Å²) in [6, 6.07) is 7.07. The molecule has 1 unspecified atom stereocenters. The Bertz CT molecular complexity index is 604. The van der Waals surface area contributed by atoms with Crippen LogP contribution in [0.2, 0.25) is 0 Å². The SMILES string of the molecule is CCC(C(=O)OC(C)C)n1c(CO)nc2ccccc21. The minimum Gasteiger partial charge on any atom is -0.461 e. The molecule has 0 fully saturated rings. The monoisotopic (exact) mass is 276 g/mol. The van der Waals surface area contributed by atoms with Crippen molar-refractivity contribution in [2.75, 3.05) is 0 Å². The lowest BCUT2D eigenvalue weighted by molar-refractivity contribution is -0.151. The second-order valence-corrected chi connectivity index (χ2v) is 4.95. The van der Waals surface area contributed by atoms with Gasteiger partial charge in [-0.2, -0.15) is 0 Å². The van der Waals surface area contributed by atoms with Crippen LogP contribution in [0.1, 0.15) is 39.1 Å². The number of benzene rings is 1. The Morgan fingerprint density at radius 3 is 2.70 bits per heavy atom. The molecule has 5 heteroatoms. The van der Waals surface area contributed by atoms with E-state index in [1.54, 1.807) is 4.57 Å². The van der Waals surface area contributed by atoms with Crippen molar-refractivity contribution in [3.05, 3.63) is 30.1 Å². The van der Waals surface area contributed by atoms with Crippen molar-refractivity contribution in [3.8, 4) is 0 Å². The Labute approximate surface area is 118 Å². The number of para-hydroxylation sites is 2. The number of hydrogen-bond donors (Lipinski definition) is 1. The summed E-state index contributed by atoms with van der Waals surface area (Å²) >= 11 is 0. The number of carbonyl (C=O) groups excluding carboxylic acids is 1. The fraction of sp³-hybridized carbons (Fsp3) is 0.467. The third-order valence-electron chi connectivity index (χ3n) is 3.13. The van der Waals surface area contributed by atoms with Gasteiger partial charge in [0.15, 0.2) is 0 Å². The number of esters is 1. The number of ether oxygens (including phenoxy) is 1. The Morgan fingerprint density at radius 2 is 2.10 bits per heavy atom. The van der Waals surface area contributed by atoms with Gasteiger partial charge in [0.25, 0.3) is 0 Å². The quantitative estimate of drug-likeness (QED) is 0.852. The summed E-state index contributed by atoms with van der Waals surface area (Å²) < 4.78 is 7.08. The molecular formula is C15H20N2O3. The van der Waals surface area contributed by atoms with Crippen molar-refractivity contribution in [3.63, 3.8) is 0 Å². The summed E-state index contributed by atoms with van der Waals surface area (Å²) in [5, 5.41) is 9.49. The van der Waals surface area contributed by atoms with Crippen LogP contribution in [0.25, 0.3) is 11.0 Å². The first-order valence-corrected chi connectivity index (χ1v) is 6.85. The molecule has 1 atom stereocenters. The van der Waals surface area contributed by atoms with Crippen LogP contribution < -0.4 is 0 Å². The zero-order valence-corrected chi connectivity index (χ0v) is 12.0.